The highest BCUT2D eigenvalue weighted by Crippen LogP contribution is 2.32. The molecule has 3 aromatic rings. The molecular weight excluding hydrogens is 348 g/mol. The highest BCUT2D eigenvalue weighted by atomic mass is 17.2. The van der Waals surface area contributed by atoms with E-state index in [1.165, 1.54) is 4.57 Å². The number of aromatic nitrogens is 2. The summed E-state index contributed by atoms with van der Waals surface area (Å²) in [4.78, 5) is 26.6. The van der Waals surface area contributed by atoms with Gasteiger partial charge in [-0.3, -0.25) is 4.79 Å². The lowest BCUT2D eigenvalue weighted by atomic mass is 10.2. The Balaban J connectivity index is 1.92. The van der Waals surface area contributed by atoms with Gasteiger partial charge in [-0.15, -0.1) is 10.2 Å². The van der Waals surface area contributed by atoms with Gasteiger partial charge in [0.05, 0.1) is 12.1 Å². The molecule has 1 aromatic carbocycles. The molecule has 27 heavy (non-hydrogen) atoms. The molecule has 0 bridgehead atoms. The first kappa shape index (κ1) is 18.7. The van der Waals surface area contributed by atoms with Crippen LogP contribution in [0.25, 0.3) is 10.9 Å². The van der Waals surface area contributed by atoms with E-state index in [1.807, 2.05) is 13.8 Å². The smallest absolute Gasteiger partial charge is 0.282 e. The zero-order valence-corrected chi connectivity index (χ0v) is 15.3. The zero-order chi connectivity index (χ0) is 19.4. The molecule has 2 aromatic heterocycles. The number of hydrogen-bond acceptors (Lipinski definition) is 7. The van der Waals surface area contributed by atoms with Gasteiger partial charge in [0.2, 0.25) is 0 Å². The van der Waals surface area contributed by atoms with Crippen LogP contribution in [-0.2, 0) is 23.4 Å². The number of azo groups is 1. The maximum absolute atomic E-state index is 12.5. The van der Waals surface area contributed by atoms with Crippen molar-refractivity contribution in [3.05, 3.63) is 58.0 Å². The quantitative estimate of drug-likeness (QED) is 0.309. The number of aromatic hydroxyl groups is 1. The van der Waals surface area contributed by atoms with Crippen molar-refractivity contribution in [1.82, 2.24) is 9.55 Å². The highest BCUT2D eigenvalue weighted by molar-refractivity contribution is 5.89. The SMILES string of the molecule is CCOOCc1cnc(N=Nc2c(O)c3ccccc3n(C)c2=O)cc1C. The fourth-order valence-electron chi connectivity index (χ4n) is 2.62. The molecule has 3 rings (SSSR count). The summed E-state index contributed by atoms with van der Waals surface area (Å²) in [6.07, 6.45) is 1.61. The van der Waals surface area contributed by atoms with Gasteiger partial charge in [0.15, 0.2) is 17.3 Å². The van der Waals surface area contributed by atoms with E-state index >= 15 is 0 Å². The normalized spacial score (nSPS) is 11.5. The molecule has 1 N–H and O–H groups in total. The van der Waals surface area contributed by atoms with E-state index in [1.54, 1.807) is 43.6 Å². The molecule has 0 fully saturated rings. The standard InChI is InChI=1S/C19H20N4O4/c1-4-26-27-11-13-10-20-16(9-12(13)2)21-22-17-18(24)14-7-5-6-8-15(14)23(3)19(17)25/h5-10,24H,4,11H2,1-3H3. The molecule has 0 unspecified atom stereocenters. The lowest BCUT2D eigenvalue weighted by molar-refractivity contribution is -0.300. The number of benzene rings is 1. The monoisotopic (exact) mass is 368 g/mol. The van der Waals surface area contributed by atoms with E-state index in [4.69, 9.17) is 9.78 Å². The van der Waals surface area contributed by atoms with Gasteiger partial charge >= 0.3 is 0 Å². The number of hydrogen-bond donors (Lipinski definition) is 1. The predicted molar refractivity (Wildman–Crippen MR) is 100 cm³/mol. The third-order valence-electron chi connectivity index (χ3n) is 4.12. The van der Waals surface area contributed by atoms with Gasteiger partial charge in [0.25, 0.3) is 5.56 Å². The van der Waals surface area contributed by atoms with E-state index in [9.17, 15) is 9.90 Å². The van der Waals surface area contributed by atoms with Crippen LogP contribution in [0, 0.1) is 6.92 Å². The summed E-state index contributed by atoms with van der Waals surface area (Å²) in [5.74, 6) is 0.123. The number of nitrogens with zero attached hydrogens (tertiary/aromatic N) is 4. The molecular formula is C19H20N4O4. The van der Waals surface area contributed by atoms with Crippen LogP contribution in [0.4, 0.5) is 11.5 Å². The number of fused-ring (bicyclic) bond motifs is 1. The van der Waals surface area contributed by atoms with E-state index in [2.05, 4.69) is 15.2 Å². The van der Waals surface area contributed by atoms with E-state index in [-0.39, 0.29) is 18.0 Å². The van der Waals surface area contributed by atoms with Gasteiger partial charge in [-0.25, -0.2) is 14.8 Å². The summed E-state index contributed by atoms with van der Waals surface area (Å²) in [6, 6.07) is 8.77. The number of aryl methyl sites for hydroxylation is 2. The minimum atomic E-state index is -0.437. The molecule has 0 radical (unpaired) electrons. The van der Waals surface area contributed by atoms with Crippen LogP contribution in [0.3, 0.4) is 0 Å². The molecule has 0 amide bonds. The minimum Gasteiger partial charge on any atom is -0.505 e. The highest BCUT2D eigenvalue weighted by Gasteiger charge is 2.14. The Kier molecular flexibility index (Phi) is 5.58. The second-order valence-corrected chi connectivity index (χ2v) is 5.92. The lowest BCUT2D eigenvalue weighted by Gasteiger charge is -2.08. The lowest BCUT2D eigenvalue weighted by Crippen LogP contribution is -2.16. The molecule has 8 heteroatoms. The fraction of sp³-hybridized carbons (Fsp3) is 0.263. The van der Waals surface area contributed by atoms with Crippen LogP contribution in [0.1, 0.15) is 18.1 Å². The largest absolute Gasteiger partial charge is 0.505 e. The van der Waals surface area contributed by atoms with Crippen molar-refractivity contribution in [2.75, 3.05) is 6.61 Å². The summed E-state index contributed by atoms with van der Waals surface area (Å²) in [6.45, 7) is 4.46. The first-order valence-corrected chi connectivity index (χ1v) is 8.45. The topological polar surface area (TPSA) is 98.3 Å². The molecule has 0 atom stereocenters. The fourth-order valence-corrected chi connectivity index (χ4v) is 2.62. The molecule has 0 spiro atoms. The van der Waals surface area contributed by atoms with Crippen molar-refractivity contribution in [3.63, 3.8) is 0 Å². The maximum Gasteiger partial charge on any atom is 0.282 e. The maximum atomic E-state index is 12.5. The van der Waals surface area contributed by atoms with Gasteiger partial charge in [-0.05, 0) is 37.6 Å². The summed E-state index contributed by atoms with van der Waals surface area (Å²) in [5, 5.41) is 18.9. The van der Waals surface area contributed by atoms with Crippen LogP contribution < -0.4 is 5.56 Å². The first-order chi connectivity index (χ1) is 13.0. The third-order valence-corrected chi connectivity index (χ3v) is 4.12. The summed E-state index contributed by atoms with van der Waals surface area (Å²) in [5.41, 5.74) is 1.81. The van der Waals surface area contributed by atoms with Crippen LogP contribution in [0.15, 0.2) is 51.6 Å². The predicted octanol–water partition coefficient (Wildman–Crippen LogP) is 3.83. The zero-order valence-electron chi connectivity index (χ0n) is 15.3. The average Bonchev–Trinajstić information content (AvgIpc) is 2.68. The molecule has 2 heterocycles. The Bertz CT molecular complexity index is 1060. The van der Waals surface area contributed by atoms with Crippen molar-refractivity contribution < 1.29 is 14.9 Å². The first-order valence-electron chi connectivity index (χ1n) is 8.45. The molecule has 0 saturated carbocycles. The van der Waals surface area contributed by atoms with Crippen molar-refractivity contribution >= 4 is 22.4 Å². The summed E-state index contributed by atoms with van der Waals surface area (Å²) < 4.78 is 1.43. The van der Waals surface area contributed by atoms with Crippen molar-refractivity contribution in [1.29, 1.82) is 0 Å². The Hall–Kier alpha value is -3.10. The van der Waals surface area contributed by atoms with E-state index in [0.717, 1.165) is 11.1 Å². The van der Waals surface area contributed by atoms with Gasteiger partial charge in [0.1, 0.15) is 6.61 Å². The van der Waals surface area contributed by atoms with Crippen LogP contribution in [-0.4, -0.2) is 21.3 Å². The summed E-state index contributed by atoms with van der Waals surface area (Å²) >= 11 is 0. The number of pyridine rings is 2. The molecule has 8 nitrogen and oxygen atoms in total. The second-order valence-electron chi connectivity index (χ2n) is 5.92. The Morgan fingerprint density at radius 1 is 1.22 bits per heavy atom. The van der Waals surface area contributed by atoms with Gasteiger partial charge in [-0.2, -0.15) is 0 Å². The minimum absolute atomic E-state index is 0.126. The molecule has 0 aliphatic rings. The third kappa shape index (κ3) is 3.86. The van der Waals surface area contributed by atoms with Gasteiger partial charge in [0, 0.05) is 24.2 Å². The Morgan fingerprint density at radius 3 is 2.74 bits per heavy atom. The van der Waals surface area contributed by atoms with E-state index in [0.29, 0.717) is 23.3 Å². The van der Waals surface area contributed by atoms with Crippen LogP contribution in [0.2, 0.25) is 0 Å². The average molecular weight is 368 g/mol. The van der Waals surface area contributed by atoms with Gasteiger partial charge in [-0.1, -0.05) is 12.1 Å². The van der Waals surface area contributed by atoms with Crippen molar-refractivity contribution in [3.8, 4) is 5.75 Å². The molecule has 140 valence electrons. The van der Waals surface area contributed by atoms with Crippen LogP contribution in [0.5, 0.6) is 5.75 Å². The number of rotatable bonds is 6. The van der Waals surface area contributed by atoms with E-state index < -0.39 is 5.56 Å². The Labute approximate surface area is 155 Å². The Morgan fingerprint density at radius 2 is 2.00 bits per heavy atom. The molecule has 0 aliphatic carbocycles. The summed E-state index contributed by atoms with van der Waals surface area (Å²) in [7, 11) is 1.62. The van der Waals surface area contributed by atoms with Gasteiger partial charge < -0.3 is 9.67 Å². The van der Waals surface area contributed by atoms with Crippen LogP contribution >= 0.6 is 0 Å². The second kappa shape index (κ2) is 8.07. The molecule has 0 saturated heterocycles. The van der Waals surface area contributed by atoms with Crippen molar-refractivity contribution in [2.24, 2.45) is 17.3 Å². The number of para-hydroxylation sites is 1. The van der Waals surface area contributed by atoms with Crippen molar-refractivity contribution in [2.45, 2.75) is 20.5 Å². The molecule has 0 aliphatic heterocycles.